The van der Waals surface area contributed by atoms with Crippen LogP contribution in [0, 0.1) is 5.92 Å². The zero-order valence-corrected chi connectivity index (χ0v) is 17.4. The number of nitrogens with zero attached hydrogens (tertiary/aromatic N) is 1. The molecule has 154 valence electrons. The first-order valence-corrected chi connectivity index (χ1v) is 10.6. The van der Waals surface area contributed by atoms with Crippen molar-refractivity contribution in [2.75, 3.05) is 6.61 Å². The Kier molecular flexibility index (Phi) is 6.63. The smallest absolute Gasteiger partial charge is 0.410 e. The summed E-state index contributed by atoms with van der Waals surface area (Å²) in [5.74, 6) is 1.22. The largest absolute Gasteiger partial charge is 0.494 e. The number of para-hydroxylation sites is 1. The number of hydrogen-bond acceptors (Lipinski definition) is 4. The van der Waals surface area contributed by atoms with Gasteiger partial charge in [0.25, 0.3) is 0 Å². The van der Waals surface area contributed by atoms with Gasteiger partial charge in [-0.15, -0.1) is 0 Å². The zero-order valence-electron chi connectivity index (χ0n) is 17.4. The van der Waals surface area contributed by atoms with Crippen LogP contribution in [0.2, 0.25) is 0 Å². The van der Waals surface area contributed by atoms with Gasteiger partial charge < -0.3 is 14.4 Å². The molecule has 2 heterocycles. The minimum absolute atomic E-state index is 0.0608. The number of ether oxygens (including phenoxy) is 2. The van der Waals surface area contributed by atoms with Gasteiger partial charge in [0, 0.05) is 24.4 Å². The molecule has 1 aromatic carbocycles. The summed E-state index contributed by atoms with van der Waals surface area (Å²) in [7, 11) is 0. The fourth-order valence-corrected chi connectivity index (χ4v) is 4.41. The molecule has 1 aromatic rings. The molecule has 2 aliphatic heterocycles. The van der Waals surface area contributed by atoms with Crippen LogP contribution in [-0.2, 0) is 9.53 Å². The first-order chi connectivity index (χ1) is 13.3. The average Bonchev–Trinajstić information content (AvgIpc) is 2.63. The van der Waals surface area contributed by atoms with E-state index in [0.717, 1.165) is 44.3 Å². The highest BCUT2D eigenvalue weighted by molar-refractivity contribution is 5.81. The van der Waals surface area contributed by atoms with Gasteiger partial charge in [-0.05, 0) is 71.4 Å². The second-order valence-electron chi connectivity index (χ2n) is 9.03. The summed E-state index contributed by atoms with van der Waals surface area (Å²) in [5, 5.41) is 0. The van der Waals surface area contributed by atoms with E-state index < -0.39 is 5.60 Å². The third-order valence-electron chi connectivity index (χ3n) is 5.61. The third kappa shape index (κ3) is 5.49. The lowest BCUT2D eigenvalue weighted by Gasteiger charge is -2.48. The molecule has 2 unspecified atom stereocenters. The van der Waals surface area contributed by atoms with Gasteiger partial charge in [0.05, 0.1) is 6.61 Å². The summed E-state index contributed by atoms with van der Waals surface area (Å²) >= 11 is 0. The summed E-state index contributed by atoms with van der Waals surface area (Å²) in [5.41, 5.74) is -0.489. The van der Waals surface area contributed by atoms with Crippen LogP contribution in [0.5, 0.6) is 5.75 Å². The monoisotopic (exact) mass is 387 g/mol. The number of Topliss-reactive ketones (excluding diaryl/α,β-unsaturated/α-hetero) is 1. The lowest BCUT2D eigenvalue weighted by Crippen LogP contribution is -2.56. The fraction of sp³-hybridized carbons (Fsp3) is 0.652. The maximum absolute atomic E-state index is 12.8. The Morgan fingerprint density at radius 2 is 1.71 bits per heavy atom. The van der Waals surface area contributed by atoms with Gasteiger partial charge in [-0.2, -0.15) is 0 Å². The fourth-order valence-electron chi connectivity index (χ4n) is 4.41. The van der Waals surface area contributed by atoms with E-state index in [9.17, 15) is 9.59 Å². The van der Waals surface area contributed by atoms with E-state index in [0.29, 0.717) is 18.8 Å². The van der Waals surface area contributed by atoms with Crippen molar-refractivity contribution in [2.45, 2.75) is 83.4 Å². The van der Waals surface area contributed by atoms with Crippen LogP contribution in [0.15, 0.2) is 30.3 Å². The summed E-state index contributed by atoms with van der Waals surface area (Å²) < 4.78 is 11.3. The molecule has 0 aliphatic carbocycles. The van der Waals surface area contributed by atoms with Crippen molar-refractivity contribution >= 4 is 11.9 Å². The molecular weight excluding hydrogens is 354 g/mol. The molecule has 0 N–H and O–H groups in total. The maximum atomic E-state index is 12.8. The highest BCUT2D eigenvalue weighted by Gasteiger charge is 2.44. The molecule has 28 heavy (non-hydrogen) atoms. The summed E-state index contributed by atoms with van der Waals surface area (Å²) in [6.45, 7) is 6.25. The summed E-state index contributed by atoms with van der Waals surface area (Å²) in [6.07, 6.45) is 5.67. The molecule has 2 aliphatic rings. The molecule has 2 fully saturated rings. The number of carbonyl (C=O) groups is 2. The summed E-state index contributed by atoms with van der Waals surface area (Å²) in [4.78, 5) is 27.3. The van der Waals surface area contributed by atoms with Crippen LogP contribution >= 0.6 is 0 Å². The number of carbonyl (C=O) groups excluding carboxylic acids is 2. The molecule has 2 saturated heterocycles. The quantitative estimate of drug-likeness (QED) is 0.646. The van der Waals surface area contributed by atoms with Crippen LogP contribution in [0.25, 0.3) is 0 Å². The highest BCUT2D eigenvalue weighted by atomic mass is 16.6. The van der Waals surface area contributed by atoms with Crippen LogP contribution in [0.1, 0.15) is 65.7 Å². The molecular formula is C23H33NO4. The van der Waals surface area contributed by atoms with Crippen LogP contribution in [0.4, 0.5) is 4.79 Å². The highest BCUT2D eigenvalue weighted by Crippen LogP contribution is 2.38. The number of hydrogen-bond donors (Lipinski definition) is 0. The molecule has 0 aromatic heterocycles. The molecule has 2 atom stereocenters. The molecule has 1 amide bonds. The molecule has 5 nitrogen and oxygen atoms in total. The van der Waals surface area contributed by atoms with Crippen molar-refractivity contribution in [1.29, 1.82) is 0 Å². The number of ketones is 1. The van der Waals surface area contributed by atoms with Gasteiger partial charge >= 0.3 is 6.09 Å². The van der Waals surface area contributed by atoms with E-state index in [4.69, 9.17) is 9.47 Å². The lowest BCUT2D eigenvalue weighted by molar-refractivity contribution is -0.127. The van der Waals surface area contributed by atoms with Crippen LogP contribution in [-0.4, -0.2) is 41.1 Å². The standard InChI is InChI=1S/C23H33NO4/c1-23(2,3)28-22(26)24-18-9-7-10-19(24)16-17(15-18)21(25)13-8-14-27-20-11-5-4-6-12-20/h4-6,11-12,17-19H,7-10,13-16H2,1-3H3. The normalized spacial score (nSPS) is 24.5. The minimum Gasteiger partial charge on any atom is -0.494 e. The first kappa shape index (κ1) is 20.7. The predicted molar refractivity (Wildman–Crippen MR) is 108 cm³/mol. The van der Waals surface area contributed by atoms with Crippen LogP contribution in [0.3, 0.4) is 0 Å². The Balaban J connectivity index is 1.49. The van der Waals surface area contributed by atoms with Crippen LogP contribution < -0.4 is 4.74 Å². The Hall–Kier alpha value is -2.04. The Labute approximate surface area is 168 Å². The van der Waals surface area contributed by atoms with Crippen molar-refractivity contribution in [3.8, 4) is 5.75 Å². The van der Waals surface area contributed by atoms with E-state index >= 15 is 0 Å². The second-order valence-corrected chi connectivity index (χ2v) is 9.03. The molecule has 0 spiro atoms. The Bertz CT molecular complexity index is 653. The first-order valence-electron chi connectivity index (χ1n) is 10.6. The van der Waals surface area contributed by atoms with Crippen molar-refractivity contribution in [1.82, 2.24) is 4.90 Å². The maximum Gasteiger partial charge on any atom is 0.410 e. The average molecular weight is 388 g/mol. The number of benzene rings is 1. The van der Waals surface area contributed by atoms with Crippen molar-refractivity contribution in [3.05, 3.63) is 30.3 Å². The molecule has 2 bridgehead atoms. The summed E-state index contributed by atoms with van der Waals surface area (Å²) in [6, 6.07) is 9.96. The molecule has 0 saturated carbocycles. The SMILES string of the molecule is CC(C)(C)OC(=O)N1C2CCCC1CC(C(=O)CCCOc1ccccc1)C2. The van der Waals surface area contributed by atoms with E-state index in [1.165, 1.54) is 0 Å². The van der Waals surface area contributed by atoms with E-state index in [2.05, 4.69) is 0 Å². The number of piperidine rings is 2. The number of amides is 1. The minimum atomic E-state index is -0.489. The second kappa shape index (κ2) is 8.97. The van der Waals surface area contributed by atoms with Gasteiger partial charge in [0.15, 0.2) is 0 Å². The van der Waals surface area contributed by atoms with Gasteiger partial charge in [-0.1, -0.05) is 18.2 Å². The van der Waals surface area contributed by atoms with Crippen molar-refractivity contribution in [2.24, 2.45) is 5.92 Å². The Morgan fingerprint density at radius 1 is 1.07 bits per heavy atom. The van der Waals surface area contributed by atoms with Crippen molar-refractivity contribution < 1.29 is 19.1 Å². The van der Waals surface area contributed by atoms with Crippen molar-refractivity contribution in [3.63, 3.8) is 0 Å². The predicted octanol–water partition coefficient (Wildman–Crippen LogP) is 4.98. The van der Waals surface area contributed by atoms with E-state index in [-0.39, 0.29) is 24.1 Å². The number of rotatable bonds is 6. The van der Waals surface area contributed by atoms with Gasteiger partial charge in [0.2, 0.25) is 0 Å². The zero-order chi connectivity index (χ0) is 20.1. The third-order valence-corrected chi connectivity index (χ3v) is 5.61. The van der Waals surface area contributed by atoms with E-state index in [1.54, 1.807) is 0 Å². The van der Waals surface area contributed by atoms with Gasteiger partial charge in [0.1, 0.15) is 17.1 Å². The van der Waals surface area contributed by atoms with Gasteiger partial charge in [-0.3, -0.25) is 4.79 Å². The molecule has 5 heteroatoms. The lowest BCUT2D eigenvalue weighted by atomic mass is 9.76. The van der Waals surface area contributed by atoms with Gasteiger partial charge in [-0.25, -0.2) is 4.79 Å². The molecule has 3 rings (SSSR count). The number of fused-ring (bicyclic) bond motifs is 2. The Morgan fingerprint density at radius 3 is 2.32 bits per heavy atom. The topological polar surface area (TPSA) is 55.8 Å². The molecule has 0 radical (unpaired) electrons. The van der Waals surface area contributed by atoms with E-state index in [1.807, 2.05) is 56.0 Å².